The third-order valence-electron chi connectivity index (χ3n) is 6.55. The molecule has 0 bridgehead atoms. The van der Waals surface area contributed by atoms with Crippen molar-refractivity contribution in [2.24, 2.45) is 0 Å². The number of rotatable bonds is 11. The van der Waals surface area contributed by atoms with E-state index in [-0.39, 0.29) is 11.6 Å². The number of ether oxygens (including phenoxy) is 1. The van der Waals surface area contributed by atoms with Crippen LogP contribution in [0.1, 0.15) is 48.8 Å². The van der Waals surface area contributed by atoms with Crippen LogP contribution in [0.2, 0.25) is 0 Å². The number of H-pyrrole nitrogens is 1. The van der Waals surface area contributed by atoms with Gasteiger partial charge in [0.1, 0.15) is 5.75 Å². The Morgan fingerprint density at radius 1 is 1.00 bits per heavy atom. The number of nitrogens with one attached hydrogen (secondary N) is 1. The first-order valence-electron chi connectivity index (χ1n) is 12.9. The van der Waals surface area contributed by atoms with Gasteiger partial charge in [-0.3, -0.25) is 14.7 Å². The Morgan fingerprint density at radius 2 is 1.84 bits per heavy atom. The molecule has 0 spiro atoms. The average molecular weight is 510 g/mol. The molecule has 2 aromatic carbocycles. The summed E-state index contributed by atoms with van der Waals surface area (Å²) in [5.74, 6) is 1.54. The fourth-order valence-electron chi connectivity index (χ4n) is 4.75. The maximum Gasteiger partial charge on any atom is 0.252 e. The molecule has 9 heteroatoms. The van der Waals surface area contributed by atoms with Gasteiger partial charge in [0, 0.05) is 41.9 Å². The molecule has 0 saturated carbocycles. The number of benzene rings is 2. The van der Waals surface area contributed by atoms with Crippen LogP contribution < -0.4 is 10.3 Å². The van der Waals surface area contributed by atoms with E-state index in [9.17, 15) is 4.79 Å². The van der Waals surface area contributed by atoms with Gasteiger partial charge in [-0.25, -0.2) is 4.68 Å². The van der Waals surface area contributed by atoms with Crippen molar-refractivity contribution in [3.05, 3.63) is 112 Å². The summed E-state index contributed by atoms with van der Waals surface area (Å²) in [6.07, 6.45) is 4.37. The van der Waals surface area contributed by atoms with Gasteiger partial charge in [-0.15, -0.1) is 5.10 Å². The molecular weight excluding hydrogens is 478 g/mol. The van der Waals surface area contributed by atoms with Crippen molar-refractivity contribution in [2.45, 2.75) is 45.9 Å². The predicted octanol–water partition coefficient (Wildman–Crippen LogP) is 4.51. The lowest BCUT2D eigenvalue weighted by molar-refractivity contribution is 0.161. The average Bonchev–Trinajstić information content (AvgIpc) is 3.38. The van der Waals surface area contributed by atoms with E-state index < -0.39 is 0 Å². The summed E-state index contributed by atoms with van der Waals surface area (Å²) in [5, 5.41) is 13.7. The maximum atomic E-state index is 13.2. The van der Waals surface area contributed by atoms with Crippen LogP contribution in [0.25, 0.3) is 10.9 Å². The molecule has 1 atom stereocenters. The molecule has 0 fully saturated rings. The Morgan fingerprint density at radius 3 is 2.61 bits per heavy atom. The minimum Gasteiger partial charge on any atom is -0.494 e. The number of hydrogen-bond donors (Lipinski definition) is 1. The zero-order chi connectivity index (χ0) is 26.3. The van der Waals surface area contributed by atoms with Gasteiger partial charge < -0.3 is 9.72 Å². The van der Waals surface area contributed by atoms with E-state index in [4.69, 9.17) is 4.74 Å². The fraction of sp³-hybridized carbons (Fsp3) is 0.276. The molecule has 0 saturated heterocycles. The Hall–Kier alpha value is -4.37. The van der Waals surface area contributed by atoms with E-state index in [1.165, 1.54) is 0 Å². The number of hydrogen-bond acceptors (Lipinski definition) is 7. The molecule has 38 heavy (non-hydrogen) atoms. The second-order valence-electron chi connectivity index (χ2n) is 9.18. The van der Waals surface area contributed by atoms with E-state index >= 15 is 0 Å². The number of tetrazole rings is 1. The lowest BCUT2D eigenvalue weighted by atomic mass is 10.1. The highest BCUT2D eigenvalue weighted by molar-refractivity contribution is 5.80. The van der Waals surface area contributed by atoms with Crippen molar-refractivity contribution in [1.82, 2.24) is 35.1 Å². The molecule has 3 heterocycles. The SMILES string of the molecule is CCOc1ccc2[nH]c(=O)c(CN(Cc3cccnc3)C(CC)c3nnnn3Cc3ccccc3)cc2c1. The highest BCUT2D eigenvalue weighted by atomic mass is 16.5. The normalized spacial score (nSPS) is 12.2. The van der Waals surface area contributed by atoms with Crippen molar-refractivity contribution >= 4 is 10.9 Å². The molecule has 9 nitrogen and oxygen atoms in total. The van der Waals surface area contributed by atoms with Gasteiger partial charge in [0.25, 0.3) is 5.56 Å². The summed E-state index contributed by atoms with van der Waals surface area (Å²) in [6, 6.07) is 21.6. The highest BCUT2D eigenvalue weighted by Crippen LogP contribution is 2.27. The lowest BCUT2D eigenvalue weighted by Crippen LogP contribution is -2.32. The molecule has 0 aliphatic carbocycles. The first kappa shape index (κ1) is 25.3. The van der Waals surface area contributed by atoms with Gasteiger partial charge in [0.05, 0.1) is 19.2 Å². The van der Waals surface area contributed by atoms with E-state index in [0.29, 0.717) is 31.8 Å². The molecule has 0 aliphatic heterocycles. The molecular formula is C29H31N7O2. The zero-order valence-corrected chi connectivity index (χ0v) is 21.6. The Labute approximate surface area is 221 Å². The van der Waals surface area contributed by atoms with Gasteiger partial charge in [0.2, 0.25) is 0 Å². The summed E-state index contributed by atoms with van der Waals surface area (Å²) in [6.45, 7) is 6.21. The van der Waals surface area contributed by atoms with Crippen LogP contribution >= 0.6 is 0 Å². The van der Waals surface area contributed by atoms with Crippen LogP contribution in [0, 0.1) is 0 Å². The van der Waals surface area contributed by atoms with Gasteiger partial charge in [0.15, 0.2) is 5.82 Å². The second kappa shape index (κ2) is 11.8. The van der Waals surface area contributed by atoms with Crippen molar-refractivity contribution < 1.29 is 4.74 Å². The Balaban J connectivity index is 1.51. The van der Waals surface area contributed by atoms with E-state index in [1.54, 1.807) is 6.20 Å². The highest BCUT2D eigenvalue weighted by Gasteiger charge is 2.26. The Bertz CT molecular complexity index is 1530. The molecule has 0 radical (unpaired) electrons. The summed E-state index contributed by atoms with van der Waals surface area (Å²) >= 11 is 0. The predicted molar refractivity (Wildman–Crippen MR) is 146 cm³/mol. The number of aromatic nitrogens is 6. The van der Waals surface area contributed by atoms with Gasteiger partial charge in [-0.1, -0.05) is 43.3 Å². The topological polar surface area (TPSA) is 102 Å². The summed E-state index contributed by atoms with van der Waals surface area (Å²) in [7, 11) is 0. The van der Waals surface area contributed by atoms with E-state index in [0.717, 1.165) is 40.0 Å². The zero-order valence-electron chi connectivity index (χ0n) is 21.6. The molecule has 1 unspecified atom stereocenters. The van der Waals surface area contributed by atoms with Crippen LogP contribution in [-0.4, -0.2) is 41.7 Å². The number of fused-ring (bicyclic) bond motifs is 1. The van der Waals surface area contributed by atoms with Gasteiger partial charge in [-0.05, 0) is 65.2 Å². The first-order chi connectivity index (χ1) is 18.6. The van der Waals surface area contributed by atoms with Crippen molar-refractivity contribution in [3.63, 3.8) is 0 Å². The molecule has 1 N–H and O–H groups in total. The lowest BCUT2D eigenvalue weighted by Gasteiger charge is -2.30. The van der Waals surface area contributed by atoms with Crippen molar-refractivity contribution in [3.8, 4) is 5.75 Å². The fourth-order valence-corrected chi connectivity index (χ4v) is 4.75. The van der Waals surface area contributed by atoms with E-state index in [1.807, 2.05) is 72.4 Å². The number of pyridine rings is 2. The monoisotopic (exact) mass is 509 g/mol. The molecule has 3 aromatic heterocycles. The third-order valence-corrected chi connectivity index (χ3v) is 6.55. The minimum absolute atomic E-state index is 0.114. The first-order valence-corrected chi connectivity index (χ1v) is 12.9. The number of aromatic amines is 1. The maximum absolute atomic E-state index is 13.2. The summed E-state index contributed by atoms with van der Waals surface area (Å²) in [4.78, 5) is 22.7. The van der Waals surface area contributed by atoms with Gasteiger partial charge in [-0.2, -0.15) is 0 Å². The van der Waals surface area contributed by atoms with E-state index in [2.05, 4.69) is 49.4 Å². The second-order valence-corrected chi connectivity index (χ2v) is 9.18. The third kappa shape index (κ3) is 5.78. The quantitative estimate of drug-likeness (QED) is 0.279. The molecule has 194 valence electrons. The van der Waals surface area contributed by atoms with Crippen molar-refractivity contribution in [2.75, 3.05) is 6.61 Å². The minimum atomic E-state index is -0.126. The number of nitrogens with zero attached hydrogens (tertiary/aromatic N) is 6. The van der Waals surface area contributed by atoms with Crippen LogP contribution in [0.15, 0.2) is 83.9 Å². The van der Waals surface area contributed by atoms with Crippen molar-refractivity contribution in [1.29, 1.82) is 0 Å². The summed E-state index contributed by atoms with van der Waals surface area (Å²) < 4.78 is 7.52. The Kier molecular flexibility index (Phi) is 7.84. The van der Waals surface area contributed by atoms with Crippen LogP contribution in [-0.2, 0) is 19.6 Å². The summed E-state index contributed by atoms with van der Waals surface area (Å²) in [5.41, 5.74) is 3.49. The van der Waals surface area contributed by atoms with Gasteiger partial charge >= 0.3 is 0 Å². The van der Waals surface area contributed by atoms with Crippen LogP contribution in [0.5, 0.6) is 5.75 Å². The van der Waals surface area contributed by atoms with Crippen LogP contribution in [0.4, 0.5) is 0 Å². The molecule has 0 aliphatic rings. The standard InChI is InChI=1S/C29H31N7O2/c1-3-27(28-32-33-34-36(28)19-21-9-6-5-7-10-21)35(18-22-11-8-14-30-17-22)20-24-15-23-16-25(38-4-2)12-13-26(23)31-29(24)37/h5-17,27H,3-4,18-20H2,1-2H3,(H,31,37). The molecule has 0 amide bonds. The van der Waals surface area contributed by atoms with Crippen LogP contribution in [0.3, 0.4) is 0 Å². The smallest absolute Gasteiger partial charge is 0.252 e. The molecule has 5 rings (SSSR count). The molecule has 5 aromatic rings. The largest absolute Gasteiger partial charge is 0.494 e.